The smallest absolute Gasteiger partial charge is 0.417 e. The van der Waals surface area contributed by atoms with Gasteiger partial charge in [-0.15, -0.1) is 0 Å². The van der Waals surface area contributed by atoms with Crippen LogP contribution in [0.5, 0.6) is 5.75 Å². The minimum absolute atomic E-state index is 0.0290. The second-order valence-corrected chi connectivity index (χ2v) is 7.25. The molecule has 1 heterocycles. The first kappa shape index (κ1) is 22.1. The average Bonchev–Trinajstić information content (AvgIpc) is 2.68. The van der Waals surface area contributed by atoms with Gasteiger partial charge >= 0.3 is 12.3 Å². The van der Waals surface area contributed by atoms with Gasteiger partial charge in [0.2, 0.25) is 0 Å². The summed E-state index contributed by atoms with van der Waals surface area (Å²) in [7, 11) is 0. The molecule has 3 rings (SSSR count). The lowest BCUT2D eigenvalue weighted by atomic mass is 9.98. The van der Waals surface area contributed by atoms with Crippen molar-refractivity contribution >= 4 is 40.8 Å². The Bertz CT molecular complexity index is 984. The second-order valence-electron chi connectivity index (χ2n) is 6.66. The van der Waals surface area contributed by atoms with Crippen LogP contribution in [0.2, 0.25) is 5.02 Å². The third-order valence-corrected chi connectivity index (χ3v) is 5.10. The van der Waals surface area contributed by atoms with Crippen LogP contribution in [0.25, 0.3) is 11.1 Å². The lowest BCUT2D eigenvalue weighted by Gasteiger charge is -2.30. The fourth-order valence-electron chi connectivity index (χ4n) is 3.28. The monoisotopic (exact) mass is 456 g/mol. The number of likely N-dealkylation sites (tertiary alicyclic amines) is 1. The van der Waals surface area contributed by atoms with Gasteiger partial charge in [-0.2, -0.15) is 18.2 Å². The molecule has 0 aromatic heterocycles. The number of ether oxygens (including phenoxy) is 1. The van der Waals surface area contributed by atoms with Crippen molar-refractivity contribution in [3.63, 3.8) is 0 Å². The van der Waals surface area contributed by atoms with E-state index in [1.165, 1.54) is 23.1 Å². The van der Waals surface area contributed by atoms with Crippen molar-refractivity contribution < 1.29 is 27.8 Å². The zero-order chi connectivity index (χ0) is 21.9. The number of thiocarbonyl (C=S) groups is 1. The molecule has 2 aromatic rings. The first-order valence-electron chi connectivity index (χ1n) is 8.92. The first-order valence-corrected chi connectivity index (χ1v) is 9.71. The Morgan fingerprint density at radius 1 is 1.23 bits per heavy atom. The molecule has 10 heteroatoms. The first-order chi connectivity index (χ1) is 14.2. The molecule has 0 spiro atoms. The molecule has 1 aliphatic heterocycles. The number of carboxylic acid groups (broad SMARTS) is 1. The quantitative estimate of drug-likeness (QED) is 0.434. The maximum atomic E-state index is 13.6. The Hall–Kier alpha value is -2.61. The van der Waals surface area contributed by atoms with Crippen LogP contribution in [0.15, 0.2) is 41.4 Å². The number of hydrogen-bond donors (Lipinski definition) is 1. The number of amides is 1. The van der Waals surface area contributed by atoms with Crippen molar-refractivity contribution in [3.05, 3.63) is 47.0 Å². The van der Waals surface area contributed by atoms with E-state index in [0.717, 1.165) is 6.07 Å². The summed E-state index contributed by atoms with van der Waals surface area (Å²) >= 11 is 10.6. The van der Waals surface area contributed by atoms with Crippen molar-refractivity contribution in [2.24, 2.45) is 4.99 Å². The van der Waals surface area contributed by atoms with Crippen molar-refractivity contribution in [1.82, 2.24) is 4.90 Å². The molecule has 1 amide bonds. The number of halogens is 4. The molecule has 5 nitrogen and oxygen atoms in total. The summed E-state index contributed by atoms with van der Waals surface area (Å²) in [4.78, 5) is 15.9. The summed E-state index contributed by atoms with van der Waals surface area (Å²) in [5.41, 5.74) is -0.834. The number of isothiocyanates is 1. The predicted octanol–water partition coefficient (Wildman–Crippen LogP) is 6.28. The van der Waals surface area contributed by atoms with Crippen LogP contribution in [0.4, 0.5) is 23.7 Å². The van der Waals surface area contributed by atoms with Gasteiger partial charge in [-0.05, 0) is 42.0 Å². The molecule has 1 saturated heterocycles. The van der Waals surface area contributed by atoms with Crippen LogP contribution in [0.3, 0.4) is 0 Å². The summed E-state index contributed by atoms with van der Waals surface area (Å²) in [6, 6.07) is 8.31. The minimum atomic E-state index is -4.64. The van der Waals surface area contributed by atoms with Crippen LogP contribution in [-0.2, 0) is 6.18 Å². The molecule has 0 atom stereocenters. The second kappa shape index (κ2) is 9.04. The highest BCUT2D eigenvalue weighted by Gasteiger charge is 2.35. The Balaban J connectivity index is 1.83. The van der Waals surface area contributed by atoms with Crippen LogP contribution >= 0.6 is 23.8 Å². The van der Waals surface area contributed by atoms with Crippen molar-refractivity contribution in [2.75, 3.05) is 13.1 Å². The number of carbonyl (C=O) groups is 1. The van der Waals surface area contributed by atoms with Crippen LogP contribution in [0.1, 0.15) is 18.4 Å². The molecule has 2 aromatic carbocycles. The fourth-order valence-corrected chi connectivity index (χ4v) is 3.71. The zero-order valence-electron chi connectivity index (χ0n) is 15.4. The standard InChI is InChI=1S/C20H16ClF3N2O3S/c21-17-10-13(25-11-30)9-16(20(22,23)24)18(17)12-1-3-14(4-2-12)29-15-5-7-26(8-6-15)19(27)28/h1-4,9-10,15H,5-8H2,(H,27,28). The van der Waals surface area contributed by atoms with E-state index in [-0.39, 0.29) is 27.9 Å². The molecule has 0 bridgehead atoms. The lowest BCUT2D eigenvalue weighted by molar-refractivity contribution is -0.137. The Morgan fingerprint density at radius 3 is 2.40 bits per heavy atom. The number of alkyl halides is 3. The molecule has 0 saturated carbocycles. The van der Waals surface area contributed by atoms with Crippen molar-refractivity contribution in [3.8, 4) is 16.9 Å². The van der Waals surface area contributed by atoms with E-state index in [9.17, 15) is 18.0 Å². The molecule has 0 radical (unpaired) electrons. The van der Waals surface area contributed by atoms with Gasteiger partial charge in [0, 0.05) is 31.5 Å². The summed E-state index contributed by atoms with van der Waals surface area (Å²) in [5, 5.41) is 10.9. The summed E-state index contributed by atoms with van der Waals surface area (Å²) in [5.74, 6) is 0.485. The number of aliphatic imine (C=N–C) groups is 1. The van der Waals surface area contributed by atoms with Crippen molar-refractivity contribution in [2.45, 2.75) is 25.1 Å². The highest BCUT2D eigenvalue weighted by Crippen LogP contribution is 2.43. The van der Waals surface area contributed by atoms with E-state index in [4.69, 9.17) is 21.4 Å². The third kappa shape index (κ3) is 5.11. The van der Waals surface area contributed by atoms with Gasteiger partial charge in [0.1, 0.15) is 11.9 Å². The summed E-state index contributed by atoms with van der Waals surface area (Å²) in [6.07, 6.45) is -4.68. The SMILES string of the molecule is O=C(O)N1CCC(Oc2ccc(-c3c(Cl)cc(N=C=S)cc3C(F)(F)F)cc2)CC1. The molecular formula is C20H16ClF3N2O3S. The molecule has 1 N–H and O–H groups in total. The number of benzene rings is 2. The highest BCUT2D eigenvalue weighted by molar-refractivity contribution is 7.78. The molecular weight excluding hydrogens is 441 g/mol. The summed E-state index contributed by atoms with van der Waals surface area (Å²) in [6.45, 7) is 0.748. The molecule has 1 aliphatic rings. The Kier molecular flexibility index (Phi) is 6.65. The molecule has 1 fully saturated rings. The number of piperidine rings is 1. The normalized spacial score (nSPS) is 14.9. The molecule has 30 heavy (non-hydrogen) atoms. The number of hydrogen-bond acceptors (Lipinski definition) is 4. The van der Waals surface area contributed by atoms with Crippen molar-refractivity contribution in [1.29, 1.82) is 0 Å². The predicted molar refractivity (Wildman–Crippen MR) is 110 cm³/mol. The maximum Gasteiger partial charge on any atom is 0.417 e. The zero-order valence-corrected chi connectivity index (χ0v) is 17.0. The lowest BCUT2D eigenvalue weighted by Crippen LogP contribution is -2.41. The fraction of sp³-hybridized carbons (Fsp3) is 0.300. The average molecular weight is 457 g/mol. The Labute approximate surface area is 180 Å². The maximum absolute atomic E-state index is 13.6. The van der Waals surface area contributed by atoms with E-state index in [1.807, 2.05) is 5.16 Å². The Morgan fingerprint density at radius 2 is 1.87 bits per heavy atom. The van der Waals surface area contributed by atoms with Crippen LogP contribution in [0, 0.1) is 0 Å². The summed E-state index contributed by atoms with van der Waals surface area (Å²) < 4.78 is 46.6. The van der Waals surface area contributed by atoms with E-state index in [1.54, 1.807) is 12.1 Å². The van der Waals surface area contributed by atoms with Gasteiger partial charge < -0.3 is 14.7 Å². The topological polar surface area (TPSA) is 62.1 Å². The minimum Gasteiger partial charge on any atom is -0.490 e. The largest absolute Gasteiger partial charge is 0.490 e. The van der Waals surface area contributed by atoms with Crippen LogP contribution in [-0.4, -0.2) is 40.5 Å². The van der Waals surface area contributed by atoms with E-state index in [2.05, 4.69) is 17.2 Å². The van der Waals surface area contributed by atoms with E-state index in [0.29, 0.717) is 31.7 Å². The van der Waals surface area contributed by atoms with Crippen LogP contribution < -0.4 is 4.74 Å². The van der Waals surface area contributed by atoms with Gasteiger partial charge in [0.25, 0.3) is 0 Å². The molecule has 0 aliphatic carbocycles. The number of nitrogens with zero attached hydrogens (tertiary/aromatic N) is 2. The van der Waals surface area contributed by atoms with E-state index >= 15 is 0 Å². The van der Waals surface area contributed by atoms with Gasteiger partial charge in [0.15, 0.2) is 0 Å². The van der Waals surface area contributed by atoms with Gasteiger partial charge in [-0.3, -0.25) is 0 Å². The van der Waals surface area contributed by atoms with Gasteiger partial charge in [-0.1, -0.05) is 23.7 Å². The van der Waals surface area contributed by atoms with Gasteiger partial charge in [0.05, 0.1) is 21.4 Å². The van der Waals surface area contributed by atoms with Gasteiger partial charge in [-0.25, -0.2) is 4.79 Å². The molecule has 0 unspecified atom stereocenters. The van der Waals surface area contributed by atoms with E-state index < -0.39 is 17.8 Å². The number of rotatable bonds is 4. The third-order valence-electron chi connectivity index (χ3n) is 4.71. The molecule has 158 valence electrons. The highest BCUT2D eigenvalue weighted by atomic mass is 35.5.